The van der Waals surface area contributed by atoms with Crippen molar-refractivity contribution < 1.29 is 34.2 Å². The molecule has 4 atom stereocenters. The lowest BCUT2D eigenvalue weighted by atomic mass is 10.0. The first-order valence-electron chi connectivity index (χ1n) is 13.5. The number of benzene rings is 2. The average molecular weight is 594 g/mol. The molecule has 0 aliphatic heterocycles. The van der Waals surface area contributed by atoms with Gasteiger partial charge in [-0.3, -0.25) is 19.2 Å². The number of aromatic nitrogens is 2. The lowest BCUT2D eigenvalue weighted by molar-refractivity contribution is -0.142. The molecule has 4 amide bonds. The molecule has 3 aromatic rings. The molecule has 2 aromatic carbocycles. The van der Waals surface area contributed by atoms with Crippen LogP contribution >= 0.6 is 0 Å². The van der Waals surface area contributed by atoms with Gasteiger partial charge in [-0.2, -0.15) is 0 Å². The van der Waals surface area contributed by atoms with Gasteiger partial charge in [0.25, 0.3) is 0 Å². The van der Waals surface area contributed by atoms with Gasteiger partial charge in [-0.15, -0.1) is 0 Å². The number of aliphatic carboxylic acids is 1. The Morgan fingerprint density at radius 2 is 1.37 bits per heavy atom. The Morgan fingerprint density at radius 1 is 0.791 bits per heavy atom. The van der Waals surface area contributed by atoms with Gasteiger partial charge in [0.15, 0.2) is 0 Å². The number of carbonyl (C=O) groups is 5. The fourth-order valence-corrected chi connectivity index (χ4v) is 4.23. The first-order valence-corrected chi connectivity index (χ1v) is 13.5. The second kappa shape index (κ2) is 15.7. The highest BCUT2D eigenvalue weighted by molar-refractivity contribution is 5.94. The predicted octanol–water partition coefficient (Wildman–Crippen LogP) is -0.725. The van der Waals surface area contributed by atoms with Gasteiger partial charge in [-0.25, -0.2) is 9.78 Å². The maximum Gasteiger partial charge on any atom is 0.326 e. The van der Waals surface area contributed by atoms with E-state index in [9.17, 15) is 34.2 Å². The van der Waals surface area contributed by atoms with Crippen molar-refractivity contribution in [3.63, 3.8) is 0 Å². The molecule has 43 heavy (non-hydrogen) atoms. The standard InChI is InChI=1S/C29H35N7O7/c30-21(12-17-4-2-1-3-5-17)26(39)35-24(14-19-15-32-16-33-19)28(41)36-23(13-18-6-8-20(37)9-7-18)27(40)34-22(29(42)43)10-11-25(31)38/h1-9,15-16,21-24,37H,10-14,30H2,(H2,31,38)(H,32,33)(H,34,40)(H,35,39)(H,36,41)(H,42,43). The summed E-state index contributed by atoms with van der Waals surface area (Å²) in [5, 5.41) is 26.8. The molecule has 1 heterocycles. The normalized spacial score (nSPS) is 13.6. The number of phenolic OH excluding ortho intramolecular Hbond substituents is 1. The third-order valence-corrected chi connectivity index (χ3v) is 6.55. The van der Waals surface area contributed by atoms with Crippen LogP contribution in [0.5, 0.6) is 5.75 Å². The summed E-state index contributed by atoms with van der Waals surface area (Å²) in [5.41, 5.74) is 13.2. The molecule has 4 unspecified atom stereocenters. The molecule has 0 fully saturated rings. The van der Waals surface area contributed by atoms with E-state index in [-0.39, 0.29) is 37.9 Å². The van der Waals surface area contributed by atoms with Crippen molar-refractivity contribution in [2.75, 3.05) is 0 Å². The Hall–Kier alpha value is -5.24. The molecule has 0 bridgehead atoms. The maximum atomic E-state index is 13.6. The van der Waals surface area contributed by atoms with Gasteiger partial charge in [-0.05, 0) is 36.1 Å². The number of carboxylic acids is 1. The summed E-state index contributed by atoms with van der Waals surface area (Å²) in [4.78, 5) is 69.7. The zero-order valence-corrected chi connectivity index (χ0v) is 23.2. The molecule has 10 N–H and O–H groups in total. The molecular weight excluding hydrogens is 558 g/mol. The van der Waals surface area contributed by atoms with Crippen LogP contribution in [0.1, 0.15) is 29.7 Å². The summed E-state index contributed by atoms with van der Waals surface area (Å²) in [6.45, 7) is 0. The average Bonchev–Trinajstić information content (AvgIpc) is 3.49. The van der Waals surface area contributed by atoms with E-state index < -0.39 is 53.8 Å². The first kappa shape index (κ1) is 32.3. The van der Waals surface area contributed by atoms with Crippen LogP contribution in [0.4, 0.5) is 0 Å². The van der Waals surface area contributed by atoms with E-state index in [1.165, 1.54) is 36.8 Å². The Morgan fingerprint density at radius 3 is 1.95 bits per heavy atom. The molecule has 0 saturated heterocycles. The highest BCUT2D eigenvalue weighted by Gasteiger charge is 2.31. The summed E-state index contributed by atoms with van der Waals surface area (Å²) >= 11 is 0. The molecule has 0 spiro atoms. The number of carbonyl (C=O) groups excluding carboxylic acids is 4. The highest BCUT2D eigenvalue weighted by Crippen LogP contribution is 2.13. The Kier molecular flexibility index (Phi) is 11.8. The molecule has 0 saturated carbocycles. The minimum atomic E-state index is -1.45. The van der Waals surface area contributed by atoms with Crippen LogP contribution in [0.25, 0.3) is 0 Å². The number of primary amides is 1. The zero-order chi connectivity index (χ0) is 31.4. The summed E-state index contributed by atoms with van der Waals surface area (Å²) < 4.78 is 0. The Bertz CT molecular complexity index is 1380. The van der Waals surface area contributed by atoms with Gasteiger partial charge < -0.3 is 42.6 Å². The van der Waals surface area contributed by atoms with Crippen LogP contribution in [0.3, 0.4) is 0 Å². The number of H-pyrrole nitrogens is 1. The lowest BCUT2D eigenvalue weighted by Crippen LogP contribution is -2.58. The van der Waals surface area contributed by atoms with Gasteiger partial charge in [0.1, 0.15) is 23.9 Å². The number of imidazole rings is 1. The number of nitrogens with zero attached hydrogens (tertiary/aromatic N) is 1. The molecule has 0 radical (unpaired) electrons. The highest BCUT2D eigenvalue weighted by atomic mass is 16.4. The van der Waals surface area contributed by atoms with Crippen LogP contribution < -0.4 is 27.4 Å². The third kappa shape index (κ3) is 10.6. The molecule has 3 rings (SSSR count). The van der Waals surface area contributed by atoms with Gasteiger partial charge >= 0.3 is 5.97 Å². The Labute approximate surface area is 247 Å². The predicted molar refractivity (Wildman–Crippen MR) is 154 cm³/mol. The number of aromatic amines is 1. The van der Waals surface area contributed by atoms with Crippen molar-refractivity contribution >= 4 is 29.6 Å². The number of hydrogen-bond acceptors (Lipinski definition) is 8. The smallest absolute Gasteiger partial charge is 0.326 e. The number of phenols is 1. The Balaban J connectivity index is 1.81. The monoisotopic (exact) mass is 593 g/mol. The SMILES string of the molecule is NC(=O)CCC(NC(=O)C(Cc1ccc(O)cc1)NC(=O)C(Cc1cnc[nH]1)NC(=O)C(N)Cc1ccccc1)C(=O)O. The number of amides is 4. The fraction of sp³-hybridized carbons (Fsp3) is 0.310. The number of nitrogens with one attached hydrogen (secondary N) is 4. The third-order valence-electron chi connectivity index (χ3n) is 6.55. The summed E-state index contributed by atoms with van der Waals surface area (Å²) in [6.07, 6.45) is 2.47. The van der Waals surface area contributed by atoms with Crippen LogP contribution in [0.2, 0.25) is 0 Å². The van der Waals surface area contributed by atoms with Gasteiger partial charge in [0, 0.05) is 31.2 Å². The van der Waals surface area contributed by atoms with E-state index in [1.54, 1.807) is 0 Å². The summed E-state index contributed by atoms with van der Waals surface area (Å²) in [5.74, 6) is -4.32. The molecule has 14 nitrogen and oxygen atoms in total. The van der Waals surface area contributed by atoms with Crippen molar-refractivity contribution in [2.45, 2.75) is 56.3 Å². The molecular formula is C29H35N7O7. The largest absolute Gasteiger partial charge is 0.508 e. The minimum absolute atomic E-state index is 0.0136. The van der Waals surface area contributed by atoms with Gasteiger partial charge in [0.2, 0.25) is 23.6 Å². The number of hydrogen-bond donors (Lipinski definition) is 8. The van der Waals surface area contributed by atoms with Crippen LogP contribution in [0.15, 0.2) is 67.1 Å². The van der Waals surface area contributed by atoms with Crippen molar-refractivity contribution in [3.05, 3.63) is 83.9 Å². The van der Waals surface area contributed by atoms with Crippen LogP contribution in [0, 0.1) is 0 Å². The quantitative estimate of drug-likeness (QED) is 0.104. The number of aromatic hydroxyl groups is 1. The maximum absolute atomic E-state index is 13.6. The van der Waals surface area contributed by atoms with Gasteiger partial charge in [-0.1, -0.05) is 42.5 Å². The topological polar surface area (TPSA) is 243 Å². The van der Waals surface area contributed by atoms with Gasteiger partial charge in [0.05, 0.1) is 12.4 Å². The van der Waals surface area contributed by atoms with Crippen LogP contribution in [-0.4, -0.2) is 73.9 Å². The van der Waals surface area contributed by atoms with E-state index in [0.717, 1.165) is 5.56 Å². The minimum Gasteiger partial charge on any atom is -0.508 e. The van der Waals surface area contributed by atoms with Crippen molar-refractivity contribution in [2.24, 2.45) is 11.5 Å². The second-order valence-corrected chi connectivity index (χ2v) is 9.97. The number of nitrogens with two attached hydrogens (primary N) is 2. The summed E-state index contributed by atoms with van der Waals surface area (Å²) in [6, 6.07) is 10.1. The van der Waals surface area contributed by atoms with E-state index in [1.807, 2.05) is 30.3 Å². The van der Waals surface area contributed by atoms with Crippen molar-refractivity contribution in [1.82, 2.24) is 25.9 Å². The van der Waals surface area contributed by atoms with E-state index in [0.29, 0.717) is 11.3 Å². The number of rotatable bonds is 16. The molecule has 0 aliphatic carbocycles. The van der Waals surface area contributed by atoms with E-state index in [4.69, 9.17) is 11.5 Å². The number of carboxylic acid groups (broad SMARTS) is 1. The molecule has 1 aromatic heterocycles. The molecule has 228 valence electrons. The van der Waals surface area contributed by atoms with E-state index in [2.05, 4.69) is 25.9 Å². The van der Waals surface area contributed by atoms with E-state index >= 15 is 0 Å². The summed E-state index contributed by atoms with van der Waals surface area (Å²) in [7, 11) is 0. The second-order valence-electron chi connectivity index (χ2n) is 9.97. The van der Waals surface area contributed by atoms with Crippen molar-refractivity contribution in [3.8, 4) is 5.75 Å². The van der Waals surface area contributed by atoms with Crippen molar-refractivity contribution in [1.29, 1.82) is 0 Å². The zero-order valence-electron chi connectivity index (χ0n) is 23.2. The fourth-order valence-electron chi connectivity index (χ4n) is 4.23. The first-order chi connectivity index (χ1) is 20.5. The molecule has 0 aliphatic rings. The molecule has 14 heteroatoms. The van der Waals surface area contributed by atoms with Crippen LogP contribution in [-0.2, 0) is 43.2 Å². The lowest BCUT2D eigenvalue weighted by Gasteiger charge is -2.25.